The van der Waals surface area contributed by atoms with Gasteiger partial charge in [-0.3, -0.25) is 4.79 Å². The van der Waals surface area contributed by atoms with E-state index in [1.807, 2.05) is 0 Å². The second-order valence-corrected chi connectivity index (χ2v) is 4.86. The van der Waals surface area contributed by atoms with Gasteiger partial charge in [-0.25, -0.2) is 0 Å². The summed E-state index contributed by atoms with van der Waals surface area (Å²) >= 11 is 0. The lowest BCUT2D eigenvalue weighted by atomic mass is 10.1. The number of nitrogens with one attached hydrogen (secondary N) is 1. The SMILES string of the molecule is CCCCCCCCCCCC(=O)NCC(O)O. The minimum absolute atomic E-state index is 0.0732. The molecule has 0 aromatic rings. The van der Waals surface area contributed by atoms with Gasteiger partial charge in [-0.05, 0) is 6.42 Å². The van der Waals surface area contributed by atoms with Crippen LogP contribution in [0.5, 0.6) is 0 Å². The summed E-state index contributed by atoms with van der Waals surface area (Å²) in [4.78, 5) is 11.2. The van der Waals surface area contributed by atoms with E-state index in [9.17, 15) is 4.79 Å². The molecule has 0 atom stereocenters. The molecule has 0 unspecified atom stereocenters. The standard InChI is InChI=1S/C14H29NO3/c1-2-3-4-5-6-7-8-9-10-11-13(16)15-12-14(17)18/h14,17-18H,2-12H2,1H3,(H,15,16). The van der Waals surface area contributed by atoms with Crippen LogP contribution < -0.4 is 5.32 Å². The summed E-state index contributed by atoms with van der Waals surface area (Å²) in [6.07, 6.45) is 10.1. The Morgan fingerprint density at radius 2 is 1.44 bits per heavy atom. The largest absolute Gasteiger partial charge is 0.367 e. The smallest absolute Gasteiger partial charge is 0.220 e. The first kappa shape index (κ1) is 17.4. The number of rotatable bonds is 12. The Kier molecular flexibility index (Phi) is 12.4. The number of aliphatic hydroxyl groups excluding tert-OH is 1. The highest BCUT2D eigenvalue weighted by Gasteiger charge is 2.03. The van der Waals surface area contributed by atoms with Crippen LogP contribution in [0.1, 0.15) is 71.1 Å². The van der Waals surface area contributed by atoms with Crippen molar-refractivity contribution in [2.24, 2.45) is 0 Å². The van der Waals surface area contributed by atoms with Crippen LogP contribution >= 0.6 is 0 Å². The van der Waals surface area contributed by atoms with Crippen molar-refractivity contribution in [1.29, 1.82) is 0 Å². The van der Waals surface area contributed by atoms with Crippen LogP contribution in [0.25, 0.3) is 0 Å². The summed E-state index contributed by atoms with van der Waals surface area (Å²) < 4.78 is 0. The van der Waals surface area contributed by atoms with Gasteiger partial charge in [0.25, 0.3) is 0 Å². The molecule has 0 aliphatic heterocycles. The van der Waals surface area contributed by atoms with E-state index in [2.05, 4.69) is 12.2 Å². The molecule has 0 spiro atoms. The molecule has 0 aromatic carbocycles. The van der Waals surface area contributed by atoms with Crippen molar-refractivity contribution in [2.45, 2.75) is 77.4 Å². The molecule has 4 nitrogen and oxygen atoms in total. The number of aliphatic hydroxyl groups is 2. The quantitative estimate of drug-likeness (QED) is 0.372. The van der Waals surface area contributed by atoms with Crippen molar-refractivity contribution in [3.05, 3.63) is 0 Å². The number of unbranched alkanes of at least 4 members (excludes halogenated alkanes) is 8. The van der Waals surface area contributed by atoms with Gasteiger partial charge < -0.3 is 15.5 Å². The summed E-state index contributed by atoms with van der Waals surface area (Å²) in [7, 11) is 0. The molecule has 0 aliphatic carbocycles. The molecular formula is C14H29NO3. The van der Waals surface area contributed by atoms with Gasteiger partial charge in [0, 0.05) is 6.42 Å². The molecule has 18 heavy (non-hydrogen) atoms. The first-order valence-corrected chi connectivity index (χ1v) is 7.29. The van der Waals surface area contributed by atoms with Gasteiger partial charge in [0.2, 0.25) is 5.91 Å². The second-order valence-electron chi connectivity index (χ2n) is 4.86. The predicted octanol–water partition coefficient (Wildman–Crippen LogP) is 2.33. The van der Waals surface area contributed by atoms with E-state index in [0.717, 1.165) is 12.8 Å². The maximum atomic E-state index is 11.2. The van der Waals surface area contributed by atoms with E-state index in [-0.39, 0.29) is 12.5 Å². The first-order valence-electron chi connectivity index (χ1n) is 7.29. The molecule has 0 aliphatic rings. The van der Waals surface area contributed by atoms with Crippen molar-refractivity contribution >= 4 is 5.91 Å². The second kappa shape index (κ2) is 12.8. The molecule has 108 valence electrons. The minimum atomic E-state index is -1.45. The Hall–Kier alpha value is -0.610. The molecule has 3 N–H and O–H groups in total. The van der Waals surface area contributed by atoms with Crippen LogP contribution in [-0.2, 0) is 4.79 Å². The third-order valence-electron chi connectivity index (χ3n) is 2.99. The van der Waals surface area contributed by atoms with Crippen molar-refractivity contribution in [3.63, 3.8) is 0 Å². The number of hydrogen-bond donors (Lipinski definition) is 3. The maximum Gasteiger partial charge on any atom is 0.220 e. The Bertz CT molecular complexity index is 195. The van der Waals surface area contributed by atoms with Crippen LogP contribution in [0.4, 0.5) is 0 Å². The van der Waals surface area contributed by atoms with Crippen molar-refractivity contribution in [3.8, 4) is 0 Å². The number of hydrogen-bond acceptors (Lipinski definition) is 3. The summed E-state index contributed by atoms with van der Waals surface area (Å²) in [5.41, 5.74) is 0. The molecule has 0 heterocycles. The maximum absolute atomic E-state index is 11.2. The predicted molar refractivity (Wildman–Crippen MR) is 73.1 cm³/mol. The average Bonchev–Trinajstić information content (AvgIpc) is 2.34. The van der Waals surface area contributed by atoms with Gasteiger partial charge in [-0.2, -0.15) is 0 Å². The third kappa shape index (κ3) is 13.5. The van der Waals surface area contributed by atoms with Gasteiger partial charge in [0.05, 0.1) is 6.54 Å². The molecule has 1 amide bonds. The van der Waals surface area contributed by atoms with Gasteiger partial charge in [0.15, 0.2) is 6.29 Å². The summed E-state index contributed by atoms with van der Waals surface area (Å²) in [6.45, 7) is 2.15. The summed E-state index contributed by atoms with van der Waals surface area (Å²) in [6, 6.07) is 0. The lowest BCUT2D eigenvalue weighted by Gasteiger charge is -2.06. The molecule has 0 radical (unpaired) electrons. The van der Waals surface area contributed by atoms with Crippen molar-refractivity contribution in [1.82, 2.24) is 5.32 Å². The number of carbonyl (C=O) groups excluding carboxylic acids is 1. The highest BCUT2D eigenvalue weighted by atomic mass is 16.5. The fourth-order valence-corrected chi connectivity index (χ4v) is 1.89. The summed E-state index contributed by atoms with van der Waals surface area (Å²) in [5, 5.41) is 19.6. The molecule has 0 aromatic heterocycles. The van der Waals surface area contributed by atoms with E-state index in [1.54, 1.807) is 0 Å². The van der Waals surface area contributed by atoms with Crippen LogP contribution in [0.3, 0.4) is 0 Å². The highest BCUT2D eigenvalue weighted by Crippen LogP contribution is 2.10. The molecule has 0 saturated carbocycles. The molecule has 0 bridgehead atoms. The average molecular weight is 259 g/mol. The van der Waals surface area contributed by atoms with Crippen LogP contribution in [0, 0.1) is 0 Å². The monoisotopic (exact) mass is 259 g/mol. The lowest BCUT2D eigenvalue weighted by Crippen LogP contribution is -2.31. The van der Waals surface area contributed by atoms with Crippen LogP contribution in [-0.4, -0.2) is 29.0 Å². The van der Waals surface area contributed by atoms with Gasteiger partial charge in [-0.15, -0.1) is 0 Å². The summed E-state index contributed by atoms with van der Waals surface area (Å²) in [5.74, 6) is -0.0916. The number of carbonyl (C=O) groups is 1. The molecule has 0 fully saturated rings. The van der Waals surface area contributed by atoms with Gasteiger partial charge >= 0.3 is 0 Å². The Labute approximate surface area is 111 Å². The molecule has 0 saturated heterocycles. The van der Waals surface area contributed by atoms with Crippen molar-refractivity contribution in [2.75, 3.05) is 6.54 Å². The van der Waals surface area contributed by atoms with Crippen molar-refractivity contribution < 1.29 is 15.0 Å². The Balaban J connectivity index is 3.12. The zero-order chi connectivity index (χ0) is 13.6. The van der Waals surface area contributed by atoms with E-state index in [0.29, 0.717) is 6.42 Å². The van der Waals surface area contributed by atoms with Gasteiger partial charge in [-0.1, -0.05) is 58.3 Å². The van der Waals surface area contributed by atoms with Crippen LogP contribution in [0.2, 0.25) is 0 Å². The minimum Gasteiger partial charge on any atom is -0.367 e. The Morgan fingerprint density at radius 1 is 0.944 bits per heavy atom. The molecule has 4 heteroatoms. The van der Waals surface area contributed by atoms with Crippen LogP contribution in [0.15, 0.2) is 0 Å². The zero-order valence-electron chi connectivity index (χ0n) is 11.7. The van der Waals surface area contributed by atoms with E-state index >= 15 is 0 Å². The molecule has 0 rings (SSSR count). The zero-order valence-corrected chi connectivity index (χ0v) is 11.7. The fourth-order valence-electron chi connectivity index (χ4n) is 1.89. The third-order valence-corrected chi connectivity index (χ3v) is 2.99. The first-order chi connectivity index (χ1) is 8.66. The van der Waals surface area contributed by atoms with E-state index < -0.39 is 6.29 Å². The normalized spacial score (nSPS) is 10.9. The topological polar surface area (TPSA) is 69.6 Å². The molecular weight excluding hydrogens is 230 g/mol. The fraction of sp³-hybridized carbons (Fsp3) is 0.929. The van der Waals surface area contributed by atoms with E-state index in [1.165, 1.54) is 44.9 Å². The Morgan fingerprint density at radius 3 is 1.94 bits per heavy atom. The lowest BCUT2D eigenvalue weighted by molar-refractivity contribution is -0.123. The highest BCUT2D eigenvalue weighted by molar-refractivity contribution is 5.75. The number of amides is 1. The van der Waals surface area contributed by atoms with Gasteiger partial charge in [0.1, 0.15) is 0 Å². The van der Waals surface area contributed by atoms with E-state index in [4.69, 9.17) is 10.2 Å².